The quantitative estimate of drug-likeness (QED) is 0.871. The highest BCUT2D eigenvalue weighted by molar-refractivity contribution is 7.10. The molecule has 1 atom stereocenters. The summed E-state index contributed by atoms with van der Waals surface area (Å²) in [6.45, 7) is 2.95. The van der Waals surface area contributed by atoms with E-state index >= 15 is 0 Å². The molecule has 0 aromatic carbocycles. The van der Waals surface area contributed by atoms with Gasteiger partial charge in [-0.15, -0.1) is 5.10 Å². The molecule has 21 heavy (non-hydrogen) atoms. The van der Waals surface area contributed by atoms with Gasteiger partial charge in [0.25, 0.3) is 0 Å². The largest absolute Gasteiger partial charge is 0.330 e. The van der Waals surface area contributed by atoms with Crippen LogP contribution in [0.15, 0.2) is 6.33 Å². The van der Waals surface area contributed by atoms with Crippen LogP contribution >= 0.6 is 23.1 Å². The molecule has 1 saturated heterocycles. The van der Waals surface area contributed by atoms with Gasteiger partial charge in [0.05, 0.1) is 12.0 Å². The summed E-state index contributed by atoms with van der Waals surface area (Å²) >= 11 is 7.37. The molecule has 7 heteroatoms. The number of rotatable bonds is 3. The maximum Gasteiger partial charge on any atom is 0.138 e. The minimum absolute atomic E-state index is 0.546. The third-order valence-corrected chi connectivity index (χ3v) is 5.57. The first-order chi connectivity index (χ1) is 10.3. The standard InChI is InChI=1S/C14H18ClN5S/c15-14-12(17-18-21-14)8-19-6-5-10(7-19)20-9-16-11-3-1-2-4-13(11)20/h9-10H,1-8H2/t10-/m0/s1. The van der Waals surface area contributed by atoms with Crippen molar-refractivity contribution < 1.29 is 0 Å². The molecule has 1 aliphatic carbocycles. The lowest BCUT2D eigenvalue weighted by Crippen LogP contribution is -2.22. The molecule has 1 aliphatic heterocycles. The Balaban J connectivity index is 1.47. The van der Waals surface area contributed by atoms with Crippen LogP contribution in [0, 0.1) is 0 Å². The lowest BCUT2D eigenvalue weighted by Gasteiger charge is -2.19. The van der Waals surface area contributed by atoms with Crippen LogP contribution in [0.2, 0.25) is 4.34 Å². The van der Waals surface area contributed by atoms with Gasteiger partial charge in [-0.3, -0.25) is 4.90 Å². The maximum absolute atomic E-state index is 6.10. The third kappa shape index (κ3) is 2.60. The highest BCUT2D eigenvalue weighted by Gasteiger charge is 2.28. The summed E-state index contributed by atoms with van der Waals surface area (Å²) in [6, 6.07) is 0.546. The fourth-order valence-electron chi connectivity index (χ4n) is 3.49. The minimum atomic E-state index is 0.546. The van der Waals surface area contributed by atoms with Crippen molar-refractivity contribution in [2.45, 2.75) is 44.7 Å². The van der Waals surface area contributed by atoms with Crippen molar-refractivity contribution in [1.82, 2.24) is 24.0 Å². The Labute approximate surface area is 133 Å². The summed E-state index contributed by atoms with van der Waals surface area (Å²) in [7, 11) is 0. The number of halogens is 1. The predicted octanol–water partition coefficient (Wildman–Crippen LogP) is 2.71. The third-order valence-electron chi connectivity index (χ3n) is 4.58. The van der Waals surface area contributed by atoms with Crippen molar-refractivity contribution >= 4 is 23.1 Å². The van der Waals surface area contributed by atoms with Gasteiger partial charge in [-0.05, 0) is 32.1 Å². The number of likely N-dealkylation sites (tertiary alicyclic amines) is 1. The van der Waals surface area contributed by atoms with Crippen molar-refractivity contribution in [2.24, 2.45) is 0 Å². The SMILES string of the molecule is Clc1snnc1CN1CC[C@H](n2cnc3c2CCCC3)C1. The molecule has 2 aliphatic rings. The molecule has 2 aromatic rings. The second-order valence-corrected chi connectivity index (χ2v) is 7.28. The van der Waals surface area contributed by atoms with Gasteiger partial charge in [0.1, 0.15) is 10.0 Å². The Morgan fingerprint density at radius 1 is 1.33 bits per heavy atom. The number of imidazole rings is 1. The second kappa shape index (κ2) is 5.66. The van der Waals surface area contributed by atoms with E-state index in [4.69, 9.17) is 11.6 Å². The molecule has 0 unspecified atom stereocenters. The van der Waals surface area contributed by atoms with E-state index in [0.29, 0.717) is 6.04 Å². The summed E-state index contributed by atoms with van der Waals surface area (Å²) in [6.07, 6.45) is 8.16. The van der Waals surface area contributed by atoms with Crippen LogP contribution in [0.3, 0.4) is 0 Å². The molecule has 2 aromatic heterocycles. The average Bonchev–Trinajstić information content (AvgIpc) is 3.20. The number of hydrogen-bond acceptors (Lipinski definition) is 5. The Hall–Kier alpha value is -0.980. The highest BCUT2D eigenvalue weighted by atomic mass is 35.5. The first-order valence-corrected chi connectivity index (χ1v) is 8.70. The molecule has 0 amide bonds. The number of hydrogen-bond donors (Lipinski definition) is 0. The van der Waals surface area contributed by atoms with Gasteiger partial charge in [0.2, 0.25) is 0 Å². The lowest BCUT2D eigenvalue weighted by atomic mass is 10.0. The zero-order valence-corrected chi connectivity index (χ0v) is 13.4. The Morgan fingerprint density at radius 3 is 3.10 bits per heavy atom. The normalized spacial score (nSPS) is 22.6. The van der Waals surface area contributed by atoms with Crippen molar-refractivity contribution in [1.29, 1.82) is 0 Å². The van der Waals surface area contributed by atoms with E-state index in [1.807, 2.05) is 0 Å². The zero-order valence-electron chi connectivity index (χ0n) is 11.8. The lowest BCUT2D eigenvalue weighted by molar-refractivity contribution is 0.311. The number of nitrogens with zero attached hydrogens (tertiary/aromatic N) is 5. The van der Waals surface area contributed by atoms with Crippen LogP contribution in [0.4, 0.5) is 0 Å². The van der Waals surface area contributed by atoms with E-state index in [1.165, 1.54) is 48.6 Å². The number of aryl methyl sites for hydroxylation is 1. The van der Waals surface area contributed by atoms with Gasteiger partial charge in [0, 0.05) is 42.9 Å². The first-order valence-electron chi connectivity index (χ1n) is 7.55. The average molecular weight is 324 g/mol. The van der Waals surface area contributed by atoms with E-state index in [0.717, 1.165) is 36.1 Å². The van der Waals surface area contributed by atoms with Crippen LogP contribution in [-0.4, -0.2) is 37.1 Å². The molecular weight excluding hydrogens is 306 g/mol. The van der Waals surface area contributed by atoms with E-state index in [2.05, 4.69) is 30.4 Å². The summed E-state index contributed by atoms with van der Waals surface area (Å²) in [5.74, 6) is 0. The molecule has 0 N–H and O–H groups in total. The van der Waals surface area contributed by atoms with Crippen molar-refractivity contribution in [2.75, 3.05) is 13.1 Å². The minimum Gasteiger partial charge on any atom is -0.330 e. The summed E-state index contributed by atoms with van der Waals surface area (Å²) in [4.78, 5) is 7.04. The zero-order chi connectivity index (χ0) is 14.2. The van der Waals surface area contributed by atoms with Crippen LogP contribution in [0.1, 0.15) is 42.4 Å². The van der Waals surface area contributed by atoms with E-state index < -0.39 is 0 Å². The molecular formula is C14H18ClN5S. The van der Waals surface area contributed by atoms with Crippen LogP contribution in [0.25, 0.3) is 0 Å². The summed E-state index contributed by atoms with van der Waals surface area (Å²) in [5.41, 5.74) is 3.71. The van der Waals surface area contributed by atoms with Gasteiger partial charge < -0.3 is 4.57 Å². The summed E-state index contributed by atoms with van der Waals surface area (Å²) < 4.78 is 7.05. The van der Waals surface area contributed by atoms with E-state index in [1.54, 1.807) is 0 Å². The highest BCUT2D eigenvalue weighted by Crippen LogP contribution is 2.29. The molecule has 5 nitrogen and oxygen atoms in total. The molecule has 0 radical (unpaired) electrons. The molecule has 0 bridgehead atoms. The predicted molar refractivity (Wildman–Crippen MR) is 82.7 cm³/mol. The van der Waals surface area contributed by atoms with Gasteiger partial charge in [0.15, 0.2) is 0 Å². The first kappa shape index (κ1) is 13.7. The smallest absolute Gasteiger partial charge is 0.138 e. The van der Waals surface area contributed by atoms with E-state index in [9.17, 15) is 0 Å². The van der Waals surface area contributed by atoms with Gasteiger partial charge in [-0.2, -0.15) is 0 Å². The summed E-state index contributed by atoms with van der Waals surface area (Å²) in [5, 5.41) is 4.11. The molecule has 0 spiro atoms. The molecule has 0 saturated carbocycles. The second-order valence-electron chi connectivity index (χ2n) is 5.92. The number of aromatic nitrogens is 4. The van der Waals surface area contributed by atoms with Gasteiger partial charge >= 0.3 is 0 Å². The fraction of sp³-hybridized carbons (Fsp3) is 0.643. The number of fused-ring (bicyclic) bond motifs is 1. The Morgan fingerprint density at radius 2 is 2.24 bits per heavy atom. The topological polar surface area (TPSA) is 46.8 Å². The van der Waals surface area contributed by atoms with Crippen LogP contribution in [0.5, 0.6) is 0 Å². The Bertz CT molecular complexity index is 637. The fourth-order valence-corrected chi connectivity index (χ4v) is 4.10. The molecule has 112 valence electrons. The van der Waals surface area contributed by atoms with Crippen LogP contribution in [-0.2, 0) is 19.4 Å². The van der Waals surface area contributed by atoms with Crippen molar-refractivity contribution in [3.05, 3.63) is 27.7 Å². The molecule has 4 rings (SSSR count). The maximum atomic E-state index is 6.10. The van der Waals surface area contributed by atoms with Crippen molar-refractivity contribution in [3.8, 4) is 0 Å². The molecule has 3 heterocycles. The Kier molecular flexibility index (Phi) is 3.69. The van der Waals surface area contributed by atoms with Gasteiger partial charge in [-0.1, -0.05) is 16.1 Å². The van der Waals surface area contributed by atoms with Crippen LogP contribution < -0.4 is 0 Å². The monoisotopic (exact) mass is 323 g/mol. The van der Waals surface area contributed by atoms with E-state index in [-0.39, 0.29) is 0 Å². The molecule has 1 fully saturated rings. The van der Waals surface area contributed by atoms with Crippen molar-refractivity contribution in [3.63, 3.8) is 0 Å². The van der Waals surface area contributed by atoms with Gasteiger partial charge in [-0.25, -0.2) is 4.98 Å².